The van der Waals surface area contributed by atoms with Crippen LogP contribution in [0.15, 0.2) is 18.2 Å². The average molecular weight is 293 g/mol. The molecule has 19 heavy (non-hydrogen) atoms. The molecule has 1 rings (SSSR count). The Bertz CT molecular complexity index is 455. The van der Waals surface area contributed by atoms with Crippen LogP contribution in [0.2, 0.25) is 5.02 Å². The first-order valence-electron chi connectivity index (χ1n) is 5.62. The number of halogens is 3. The second-order valence-electron chi connectivity index (χ2n) is 4.28. The maximum absolute atomic E-state index is 12.0. The van der Waals surface area contributed by atoms with Gasteiger partial charge in [0.05, 0.1) is 11.1 Å². The summed E-state index contributed by atoms with van der Waals surface area (Å²) in [6.07, 6.45) is 0. The fourth-order valence-corrected chi connectivity index (χ4v) is 1.52. The summed E-state index contributed by atoms with van der Waals surface area (Å²) in [6, 6.07) is 3.33. The van der Waals surface area contributed by atoms with Crippen LogP contribution in [0.1, 0.15) is 13.8 Å². The Labute approximate surface area is 114 Å². The summed E-state index contributed by atoms with van der Waals surface area (Å²) in [5.41, 5.74) is 6.04. The molecule has 0 aromatic heterocycles. The molecular formula is C12H15ClF2N2O2. The zero-order valence-corrected chi connectivity index (χ0v) is 11.2. The Morgan fingerprint density at radius 1 is 1.42 bits per heavy atom. The molecule has 1 amide bonds. The molecule has 4 nitrogen and oxygen atoms in total. The lowest BCUT2D eigenvalue weighted by molar-refractivity contribution is -0.118. The summed E-state index contributed by atoms with van der Waals surface area (Å²) >= 11 is 5.76. The van der Waals surface area contributed by atoms with Crippen molar-refractivity contribution in [1.82, 2.24) is 0 Å². The van der Waals surface area contributed by atoms with E-state index in [4.69, 9.17) is 17.3 Å². The number of hydrogen-bond acceptors (Lipinski definition) is 3. The van der Waals surface area contributed by atoms with E-state index in [9.17, 15) is 13.6 Å². The van der Waals surface area contributed by atoms with E-state index in [0.29, 0.717) is 5.69 Å². The molecule has 3 N–H and O–H groups in total. The van der Waals surface area contributed by atoms with Crippen molar-refractivity contribution in [3.05, 3.63) is 23.2 Å². The van der Waals surface area contributed by atoms with E-state index in [2.05, 4.69) is 10.1 Å². The van der Waals surface area contributed by atoms with Gasteiger partial charge < -0.3 is 15.8 Å². The highest BCUT2D eigenvalue weighted by molar-refractivity contribution is 6.32. The molecule has 0 bridgehead atoms. The molecule has 0 heterocycles. The molecule has 0 aliphatic rings. The quantitative estimate of drug-likeness (QED) is 0.877. The third kappa shape index (κ3) is 4.65. The predicted molar refractivity (Wildman–Crippen MR) is 69.5 cm³/mol. The summed E-state index contributed by atoms with van der Waals surface area (Å²) in [7, 11) is 0. The molecule has 0 saturated heterocycles. The maximum atomic E-state index is 12.0. The molecular weight excluding hydrogens is 278 g/mol. The van der Waals surface area contributed by atoms with Gasteiger partial charge in [-0.15, -0.1) is 0 Å². The second-order valence-corrected chi connectivity index (χ2v) is 4.69. The molecule has 0 spiro atoms. The number of anilines is 1. The number of nitrogens with two attached hydrogens (primary N) is 1. The van der Waals surface area contributed by atoms with Crippen LogP contribution in [0, 0.1) is 5.92 Å². The summed E-state index contributed by atoms with van der Waals surface area (Å²) in [5.74, 6) is -0.534. The number of ether oxygens (including phenoxy) is 1. The fourth-order valence-electron chi connectivity index (χ4n) is 1.30. The number of alkyl halides is 2. The minimum atomic E-state index is -2.95. The van der Waals surface area contributed by atoms with Gasteiger partial charge >= 0.3 is 6.61 Å². The van der Waals surface area contributed by atoms with Crippen LogP contribution in [0.5, 0.6) is 5.75 Å². The molecule has 0 saturated carbocycles. The van der Waals surface area contributed by atoms with Gasteiger partial charge in [0.2, 0.25) is 5.91 Å². The number of nitrogens with one attached hydrogen (secondary N) is 1. The molecule has 0 fully saturated rings. The first-order chi connectivity index (χ1) is 8.81. The van der Waals surface area contributed by atoms with Gasteiger partial charge in [0.1, 0.15) is 5.75 Å². The van der Waals surface area contributed by atoms with E-state index in [-0.39, 0.29) is 22.6 Å². The predicted octanol–water partition coefficient (Wildman–Crippen LogP) is 2.86. The molecule has 0 aliphatic heterocycles. The van der Waals surface area contributed by atoms with E-state index in [1.165, 1.54) is 18.2 Å². The van der Waals surface area contributed by atoms with Crippen molar-refractivity contribution < 1.29 is 18.3 Å². The number of carbonyl (C=O) groups is 1. The van der Waals surface area contributed by atoms with Gasteiger partial charge in [-0.1, -0.05) is 25.4 Å². The maximum Gasteiger partial charge on any atom is 0.387 e. The lowest BCUT2D eigenvalue weighted by atomic mass is 10.0. The molecule has 1 aromatic carbocycles. The number of carbonyl (C=O) groups excluding carboxylic acids is 1. The first kappa shape index (κ1) is 15.7. The third-order valence-electron chi connectivity index (χ3n) is 2.44. The van der Waals surface area contributed by atoms with Crippen LogP contribution in [0.3, 0.4) is 0 Å². The third-order valence-corrected chi connectivity index (χ3v) is 2.73. The van der Waals surface area contributed by atoms with E-state index in [1.807, 2.05) is 13.8 Å². The lowest BCUT2D eigenvalue weighted by Gasteiger charge is -2.16. The van der Waals surface area contributed by atoms with Crippen molar-refractivity contribution in [1.29, 1.82) is 0 Å². The van der Waals surface area contributed by atoms with Gasteiger partial charge in [0.15, 0.2) is 0 Å². The van der Waals surface area contributed by atoms with Crippen LogP contribution < -0.4 is 15.8 Å². The summed E-state index contributed by atoms with van der Waals surface area (Å²) in [6.45, 7) is 0.681. The van der Waals surface area contributed by atoms with Gasteiger partial charge in [-0.3, -0.25) is 4.79 Å². The summed E-state index contributed by atoms with van der Waals surface area (Å²) < 4.78 is 28.3. The van der Waals surface area contributed by atoms with Crippen molar-refractivity contribution in [2.24, 2.45) is 11.7 Å². The smallest absolute Gasteiger partial charge is 0.387 e. The molecule has 106 valence electrons. The zero-order valence-electron chi connectivity index (χ0n) is 10.5. The van der Waals surface area contributed by atoms with Crippen LogP contribution in [0.4, 0.5) is 14.5 Å². The van der Waals surface area contributed by atoms with Crippen molar-refractivity contribution in [3.63, 3.8) is 0 Å². The number of rotatable bonds is 5. The Hall–Kier alpha value is -1.40. The average Bonchev–Trinajstić information content (AvgIpc) is 2.31. The number of amides is 1. The highest BCUT2D eigenvalue weighted by Crippen LogP contribution is 2.29. The molecule has 1 aromatic rings. The van der Waals surface area contributed by atoms with Crippen LogP contribution in [0.25, 0.3) is 0 Å². The highest BCUT2D eigenvalue weighted by atomic mass is 35.5. The first-order valence-corrected chi connectivity index (χ1v) is 6.00. The normalized spacial score (nSPS) is 12.6. The molecule has 0 aliphatic carbocycles. The van der Waals surface area contributed by atoms with Gasteiger partial charge in [0, 0.05) is 5.69 Å². The van der Waals surface area contributed by atoms with Gasteiger partial charge in [0.25, 0.3) is 0 Å². The Kier molecular flexibility index (Phi) is 5.50. The minimum Gasteiger partial charge on any atom is -0.433 e. The Morgan fingerprint density at radius 2 is 2.05 bits per heavy atom. The Morgan fingerprint density at radius 3 is 2.53 bits per heavy atom. The minimum absolute atomic E-state index is 0.0167. The van der Waals surface area contributed by atoms with E-state index < -0.39 is 12.7 Å². The van der Waals surface area contributed by atoms with Crippen molar-refractivity contribution in [2.45, 2.75) is 26.5 Å². The standard InChI is InChI=1S/C12H15ClF2N2O2/c1-6(2)10(16)11(18)17-7-3-4-9(8(13)5-7)19-12(14)15/h3-6,10,12H,16H2,1-2H3,(H,17,18). The SMILES string of the molecule is CC(C)C(N)C(=O)Nc1ccc(OC(F)F)c(Cl)c1. The van der Waals surface area contributed by atoms with Crippen molar-refractivity contribution >= 4 is 23.2 Å². The zero-order chi connectivity index (χ0) is 14.6. The van der Waals surface area contributed by atoms with Crippen LogP contribution in [-0.2, 0) is 4.79 Å². The van der Waals surface area contributed by atoms with Crippen LogP contribution >= 0.6 is 11.6 Å². The van der Waals surface area contributed by atoms with Gasteiger partial charge in [-0.25, -0.2) is 0 Å². The van der Waals surface area contributed by atoms with Crippen LogP contribution in [-0.4, -0.2) is 18.6 Å². The Balaban J connectivity index is 2.76. The molecule has 1 unspecified atom stereocenters. The fraction of sp³-hybridized carbons (Fsp3) is 0.417. The highest BCUT2D eigenvalue weighted by Gasteiger charge is 2.17. The van der Waals surface area contributed by atoms with Crippen molar-refractivity contribution in [2.75, 3.05) is 5.32 Å². The van der Waals surface area contributed by atoms with Gasteiger partial charge in [-0.05, 0) is 24.1 Å². The molecule has 1 atom stereocenters. The largest absolute Gasteiger partial charge is 0.433 e. The van der Waals surface area contributed by atoms with E-state index >= 15 is 0 Å². The topological polar surface area (TPSA) is 64.4 Å². The van der Waals surface area contributed by atoms with E-state index in [1.54, 1.807) is 0 Å². The summed E-state index contributed by atoms with van der Waals surface area (Å²) in [4.78, 5) is 11.7. The van der Waals surface area contributed by atoms with Gasteiger partial charge in [-0.2, -0.15) is 8.78 Å². The molecule has 0 radical (unpaired) electrons. The monoisotopic (exact) mass is 292 g/mol. The lowest BCUT2D eigenvalue weighted by Crippen LogP contribution is -2.39. The van der Waals surface area contributed by atoms with E-state index in [0.717, 1.165) is 0 Å². The number of hydrogen-bond donors (Lipinski definition) is 2. The molecule has 7 heteroatoms. The second kappa shape index (κ2) is 6.68. The number of benzene rings is 1. The summed E-state index contributed by atoms with van der Waals surface area (Å²) in [5, 5.41) is 2.54. The van der Waals surface area contributed by atoms with Crippen molar-refractivity contribution in [3.8, 4) is 5.75 Å².